The number of aliphatic hydroxyl groups is 1. The predicted octanol–water partition coefficient (Wildman–Crippen LogP) is 5.20. The van der Waals surface area contributed by atoms with Gasteiger partial charge in [-0.15, -0.1) is 11.8 Å². The van der Waals surface area contributed by atoms with Crippen molar-refractivity contribution in [1.82, 2.24) is 20.1 Å². The molecule has 0 spiro atoms. The third kappa shape index (κ3) is 8.79. The Bertz CT molecular complexity index is 1600. The molecule has 11 heteroatoms. The Balaban J connectivity index is 1.08. The Labute approximate surface area is 271 Å². The Morgan fingerprint density at radius 1 is 0.911 bits per heavy atom. The lowest BCUT2D eigenvalue weighted by Crippen LogP contribution is -2.50. The van der Waals surface area contributed by atoms with Gasteiger partial charge in [0, 0.05) is 62.6 Å². The number of thiazole rings is 1. The highest BCUT2D eigenvalue weighted by Gasteiger charge is 2.23. The summed E-state index contributed by atoms with van der Waals surface area (Å²) in [7, 11) is 0. The number of anilines is 1. The first-order valence-corrected chi connectivity index (χ1v) is 16.7. The van der Waals surface area contributed by atoms with Gasteiger partial charge in [0.1, 0.15) is 0 Å². The first kappa shape index (κ1) is 32.4. The van der Waals surface area contributed by atoms with Gasteiger partial charge in [-0.2, -0.15) is 0 Å². The van der Waals surface area contributed by atoms with Gasteiger partial charge in [0.05, 0.1) is 16.5 Å². The number of amides is 3. The Hall–Kier alpha value is -4.03. The summed E-state index contributed by atoms with van der Waals surface area (Å²) in [4.78, 5) is 45.4. The van der Waals surface area contributed by atoms with Crippen LogP contribution in [0.25, 0.3) is 0 Å². The van der Waals surface area contributed by atoms with E-state index in [4.69, 9.17) is 0 Å². The average molecular weight is 644 g/mol. The number of aromatic nitrogens is 1. The smallest absolute Gasteiger partial charge is 0.257 e. The second kappa shape index (κ2) is 15.3. The number of hydrogen-bond donors (Lipinski definition) is 3. The van der Waals surface area contributed by atoms with Crippen LogP contribution in [0.2, 0.25) is 0 Å². The molecule has 0 saturated carbocycles. The van der Waals surface area contributed by atoms with E-state index in [9.17, 15) is 19.5 Å². The fourth-order valence-corrected chi connectivity index (χ4v) is 6.82. The molecule has 2 atom stereocenters. The van der Waals surface area contributed by atoms with E-state index < -0.39 is 6.10 Å². The van der Waals surface area contributed by atoms with Crippen molar-refractivity contribution in [2.75, 3.05) is 31.5 Å². The van der Waals surface area contributed by atoms with Crippen molar-refractivity contribution in [3.63, 3.8) is 0 Å². The van der Waals surface area contributed by atoms with Crippen LogP contribution in [0.4, 0.5) is 5.13 Å². The molecule has 3 N–H and O–H groups in total. The molecule has 1 saturated heterocycles. The fraction of sp³-hybridized carbons (Fsp3) is 0.294. The van der Waals surface area contributed by atoms with Crippen LogP contribution in [0.15, 0.2) is 89.3 Å². The van der Waals surface area contributed by atoms with Gasteiger partial charge in [0.2, 0.25) is 5.91 Å². The van der Waals surface area contributed by atoms with Gasteiger partial charge >= 0.3 is 0 Å². The molecule has 9 nitrogen and oxygen atoms in total. The van der Waals surface area contributed by atoms with Crippen molar-refractivity contribution in [1.29, 1.82) is 0 Å². The molecular weight excluding hydrogens is 607 g/mol. The van der Waals surface area contributed by atoms with E-state index in [1.54, 1.807) is 46.8 Å². The molecule has 0 unspecified atom stereocenters. The van der Waals surface area contributed by atoms with E-state index in [0.29, 0.717) is 54.7 Å². The highest BCUT2D eigenvalue weighted by molar-refractivity contribution is 8.00. The number of piperazine rings is 1. The number of thioether (sulfide) groups is 1. The molecule has 1 aliphatic heterocycles. The molecule has 1 fully saturated rings. The second-order valence-electron chi connectivity index (χ2n) is 10.9. The summed E-state index contributed by atoms with van der Waals surface area (Å²) >= 11 is 3.00. The highest BCUT2D eigenvalue weighted by atomic mass is 32.2. The average Bonchev–Trinajstić information content (AvgIpc) is 3.53. The lowest BCUT2D eigenvalue weighted by atomic mass is 10.0. The second-order valence-corrected chi connectivity index (χ2v) is 13.3. The van der Waals surface area contributed by atoms with Crippen molar-refractivity contribution < 1.29 is 19.5 Å². The Morgan fingerprint density at radius 3 is 2.33 bits per heavy atom. The number of aliphatic hydroxyl groups excluding tert-OH is 1. The number of benzene rings is 3. The van der Waals surface area contributed by atoms with Crippen molar-refractivity contribution in [3.05, 3.63) is 113 Å². The topological polar surface area (TPSA) is 115 Å². The van der Waals surface area contributed by atoms with Crippen molar-refractivity contribution in [2.24, 2.45) is 0 Å². The van der Waals surface area contributed by atoms with E-state index in [-0.39, 0.29) is 23.8 Å². The molecule has 234 valence electrons. The third-order valence-corrected chi connectivity index (χ3v) is 9.91. The number of carbonyl (C=O) groups excluding carboxylic acids is 3. The molecule has 0 bridgehead atoms. The molecule has 3 amide bonds. The first-order chi connectivity index (χ1) is 21.8. The van der Waals surface area contributed by atoms with E-state index >= 15 is 0 Å². The van der Waals surface area contributed by atoms with Crippen LogP contribution in [0, 0.1) is 0 Å². The maximum absolute atomic E-state index is 13.0. The van der Waals surface area contributed by atoms with Gasteiger partial charge in [-0.1, -0.05) is 65.9 Å². The van der Waals surface area contributed by atoms with E-state index in [1.165, 1.54) is 11.3 Å². The van der Waals surface area contributed by atoms with Crippen LogP contribution in [0.1, 0.15) is 57.4 Å². The summed E-state index contributed by atoms with van der Waals surface area (Å²) in [5, 5.41) is 17.3. The molecule has 5 rings (SSSR count). The standard InChI is InChI=1S/C34H37N5O4S2/c1-23(31(41)27-8-4-3-5-9-27)35-20-25-11-13-28(14-12-25)32(42)37-34-36-21-30(45-34)44-22-26-7-6-10-29(19-26)33(43)39-17-15-38(16-18-39)24(2)40/h3-14,19,21,23,31,35,41H,15-18,20,22H2,1-2H3,(H,36,37,42)/t23-,31-/m0/s1. The Morgan fingerprint density at radius 2 is 1.62 bits per heavy atom. The first-order valence-electron chi connectivity index (χ1n) is 14.9. The number of nitrogens with one attached hydrogen (secondary N) is 2. The van der Waals surface area contributed by atoms with Crippen LogP contribution in [0.3, 0.4) is 0 Å². The van der Waals surface area contributed by atoms with Crippen LogP contribution in [-0.2, 0) is 17.1 Å². The van der Waals surface area contributed by atoms with Gasteiger partial charge in [-0.3, -0.25) is 19.7 Å². The molecule has 4 aromatic rings. The molecule has 45 heavy (non-hydrogen) atoms. The maximum atomic E-state index is 13.0. The molecule has 0 aliphatic carbocycles. The number of hydrogen-bond acceptors (Lipinski definition) is 8. The van der Waals surface area contributed by atoms with Crippen LogP contribution in [-0.4, -0.2) is 69.8 Å². The largest absolute Gasteiger partial charge is 0.387 e. The van der Waals surface area contributed by atoms with Crippen molar-refractivity contribution in [3.8, 4) is 0 Å². The normalized spacial score (nSPS) is 14.6. The van der Waals surface area contributed by atoms with Gasteiger partial charge in [0.25, 0.3) is 11.8 Å². The molecule has 1 aromatic heterocycles. The summed E-state index contributed by atoms with van der Waals surface area (Å²) in [6, 6.07) is 24.4. The molecule has 3 aromatic carbocycles. The number of rotatable bonds is 11. The zero-order chi connectivity index (χ0) is 31.8. The van der Waals surface area contributed by atoms with Crippen LogP contribution >= 0.6 is 23.1 Å². The molecular formula is C34H37N5O4S2. The summed E-state index contributed by atoms with van der Waals surface area (Å²) < 4.78 is 0.954. The fourth-order valence-electron chi connectivity index (χ4n) is 5.01. The number of carbonyl (C=O) groups is 3. The zero-order valence-electron chi connectivity index (χ0n) is 25.3. The summed E-state index contributed by atoms with van der Waals surface area (Å²) in [6.45, 7) is 6.25. The Kier molecular flexibility index (Phi) is 11.0. The summed E-state index contributed by atoms with van der Waals surface area (Å²) in [5.41, 5.74) is 4.07. The maximum Gasteiger partial charge on any atom is 0.257 e. The third-order valence-electron chi connectivity index (χ3n) is 7.73. The van der Waals surface area contributed by atoms with Gasteiger partial charge in [0.15, 0.2) is 5.13 Å². The van der Waals surface area contributed by atoms with E-state index in [1.807, 2.05) is 73.7 Å². The lowest BCUT2D eigenvalue weighted by molar-refractivity contribution is -0.130. The van der Waals surface area contributed by atoms with Crippen molar-refractivity contribution >= 4 is 46.0 Å². The predicted molar refractivity (Wildman–Crippen MR) is 178 cm³/mol. The van der Waals surface area contributed by atoms with Gasteiger partial charge < -0.3 is 20.2 Å². The minimum absolute atomic E-state index is 0.0199. The van der Waals surface area contributed by atoms with Crippen LogP contribution in [0.5, 0.6) is 0 Å². The quantitative estimate of drug-likeness (QED) is 0.193. The van der Waals surface area contributed by atoms with E-state index in [2.05, 4.69) is 15.6 Å². The minimum atomic E-state index is -0.612. The monoisotopic (exact) mass is 643 g/mol. The summed E-state index contributed by atoms with van der Waals surface area (Å²) in [5.74, 6) is 0.444. The molecule has 0 radical (unpaired) electrons. The highest BCUT2D eigenvalue weighted by Crippen LogP contribution is 2.31. The van der Waals surface area contributed by atoms with Gasteiger partial charge in [-0.25, -0.2) is 4.98 Å². The van der Waals surface area contributed by atoms with Crippen LogP contribution < -0.4 is 10.6 Å². The lowest BCUT2D eigenvalue weighted by Gasteiger charge is -2.34. The van der Waals surface area contributed by atoms with Crippen molar-refractivity contribution in [2.45, 2.75) is 42.5 Å². The molecule has 2 heterocycles. The summed E-state index contributed by atoms with van der Waals surface area (Å²) in [6.07, 6.45) is 1.13. The zero-order valence-corrected chi connectivity index (χ0v) is 26.9. The number of nitrogens with zero attached hydrogens (tertiary/aromatic N) is 3. The molecule has 1 aliphatic rings. The van der Waals surface area contributed by atoms with Gasteiger partial charge in [-0.05, 0) is 47.9 Å². The van der Waals surface area contributed by atoms with E-state index in [0.717, 1.165) is 20.9 Å². The SMILES string of the molecule is CC(=O)N1CCN(C(=O)c2cccc(CSc3cnc(NC(=O)c4ccc(CN[C@@H](C)[C@H](O)c5ccccc5)cc4)s3)c2)CC1. The minimum Gasteiger partial charge on any atom is -0.387 e.